The normalized spacial score (nSPS) is 10.8. The van der Waals surface area contributed by atoms with Gasteiger partial charge in [-0.25, -0.2) is 4.68 Å². The van der Waals surface area contributed by atoms with E-state index >= 15 is 0 Å². The number of anilines is 1. The number of aromatic nitrogens is 4. The van der Waals surface area contributed by atoms with E-state index in [4.69, 9.17) is 4.74 Å². The maximum atomic E-state index is 12.4. The van der Waals surface area contributed by atoms with Gasteiger partial charge in [-0.2, -0.15) is 10.2 Å². The Bertz CT molecular complexity index is 1190. The van der Waals surface area contributed by atoms with Gasteiger partial charge in [-0.05, 0) is 48.5 Å². The summed E-state index contributed by atoms with van der Waals surface area (Å²) < 4.78 is 6.29. The van der Waals surface area contributed by atoms with Gasteiger partial charge < -0.3 is 10.1 Å². The number of hydrogen-bond acceptors (Lipinski definition) is 5. The molecular weight excluding hydrogens is 358 g/mol. The second kappa shape index (κ2) is 7.36. The van der Waals surface area contributed by atoms with Crippen molar-refractivity contribution in [1.29, 1.82) is 0 Å². The molecule has 0 unspecified atom stereocenters. The van der Waals surface area contributed by atoms with Gasteiger partial charge in [-0.15, -0.1) is 0 Å². The van der Waals surface area contributed by atoms with Crippen molar-refractivity contribution in [3.8, 4) is 17.0 Å². The molecule has 0 saturated heterocycles. The minimum Gasteiger partial charge on any atom is -0.497 e. The Morgan fingerprint density at radius 3 is 2.75 bits per heavy atom. The van der Waals surface area contributed by atoms with Crippen LogP contribution in [0.5, 0.6) is 5.75 Å². The van der Waals surface area contributed by atoms with Crippen LogP contribution in [0.4, 0.5) is 5.69 Å². The fourth-order valence-electron chi connectivity index (χ4n) is 2.83. The minimum atomic E-state index is -0.351. The van der Waals surface area contributed by atoms with E-state index in [2.05, 4.69) is 20.6 Å². The molecule has 0 aliphatic rings. The number of benzene rings is 2. The van der Waals surface area contributed by atoms with E-state index in [1.165, 1.54) is 6.07 Å². The summed E-state index contributed by atoms with van der Waals surface area (Å²) in [5.74, 6) is 0.381. The number of carbonyl (C=O) groups is 1. The first-order valence-corrected chi connectivity index (χ1v) is 8.58. The van der Waals surface area contributed by atoms with E-state index < -0.39 is 0 Å². The zero-order chi connectivity index (χ0) is 19.5. The summed E-state index contributed by atoms with van der Waals surface area (Å²) in [5, 5.41) is 14.8. The van der Waals surface area contributed by atoms with Crippen LogP contribution < -0.4 is 15.6 Å². The number of amides is 1. The number of carbonyl (C=O) groups excluding carboxylic acids is 1. The van der Waals surface area contributed by atoms with Gasteiger partial charge in [0.1, 0.15) is 12.3 Å². The number of methoxy groups -OCH3 is 1. The first-order valence-electron chi connectivity index (χ1n) is 8.58. The summed E-state index contributed by atoms with van der Waals surface area (Å²) in [7, 11) is 1.59. The molecule has 0 atom stereocenters. The van der Waals surface area contributed by atoms with Crippen LogP contribution in [-0.2, 0) is 11.3 Å². The lowest BCUT2D eigenvalue weighted by atomic mass is 10.1. The first kappa shape index (κ1) is 17.5. The van der Waals surface area contributed by atoms with Crippen LogP contribution in [0, 0.1) is 0 Å². The lowest BCUT2D eigenvalue weighted by Crippen LogP contribution is -2.29. The second-order valence-electron chi connectivity index (χ2n) is 6.16. The molecule has 0 aliphatic carbocycles. The molecule has 0 radical (unpaired) electrons. The van der Waals surface area contributed by atoms with Gasteiger partial charge >= 0.3 is 0 Å². The lowest BCUT2D eigenvalue weighted by molar-refractivity contribution is -0.117. The Morgan fingerprint density at radius 2 is 1.96 bits per heavy atom. The third-order valence-corrected chi connectivity index (χ3v) is 4.27. The van der Waals surface area contributed by atoms with Crippen molar-refractivity contribution >= 4 is 22.5 Å². The summed E-state index contributed by atoms with van der Waals surface area (Å²) in [6.07, 6.45) is 1.70. The van der Waals surface area contributed by atoms with Gasteiger partial charge in [0.05, 0.1) is 24.5 Å². The summed E-state index contributed by atoms with van der Waals surface area (Å²) >= 11 is 0. The molecule has 8 heteroatoms. The Morgan fingerprint density at radius 1 is 1.14 bits per heavy atom. The lowest BCUT2D eigenvalue weighted by Gasteiger charge is -2.09. The molecule has 2 N–H and O–H groups in total. The molecule has 0 fully saturated rings. The van der Waals surface area contributed by atoms with E-state index in [1.54, 1.807) is 31.5 Å². The molecule has 4 rings (SSSR count). The predicted molar refractivity (Wildman–Crippen MR) is 105 cm³/mol. The summed E-state index contributed by atoms with van der Waals surface area (Å²) in [6, 6.07) is 15.7. The Labute approximate surface area is 159 Å². The molecule has 8 nitrogen and oxygen atoms in total. The highest BCUT2D eigenvalue weighted by atomic mass is 16.5. The molecule has 28 heavy (non-hydrogen) atoms. The predicted octanol–water partition coefficient (Wildman–Crippen LogP) is 2.43. The van der Waals surface area contributed by atoms with Gasteiger partial charge in [-0.1, -0.05) is 0 Å². The average Bonchev–Trinajstić information content (AvgIpc) is 3.17. The highest BCUT2D eigenvalue weighted by molar-refractivity contribution is 5.93. The number of aromatic amines is 1. The number of H-pyrrole nitrogens is 1. The zero-order valence-electron chi connectivity index (χ0n) is 15.0. The molecule has 1 amide bonds. The zero-order valence-corrected chi connectivity index (χ0v) is 15.0. The minimum absolute atomic E-state index is 0.191. The molecular formula is C20H17N5O3. The van der Waals surface area contributed by atoms with Gasteiger partial charge in [0.2, 0.25) is 5.91 Å². The Hall–Kier alpha value is -3.94. The quantitative estimate of drug-likeness (QED) is 0.558. The van der Waals surface area contributed by atoms with E-state index in [0.717, 1.165) is 26.9 Å². The summed E-state index contributed by atoms with van der Waals surface area (Å²) in [6.45, 7) is -0.191. The summed E-state index contributed by atoms with van der Waals surface area (Å²) in [4.78, 5) is 24.5. The number of fused-ring (bicyclic) bond motifs is 1. The number of nitrogens with one attached hydrogen (secondary N) is 2. The Balaban J connectivity index is 1.53. The Kier molecular flexibility index (Phi) is 4.59. The summed E-state index contributed by atoms with van der Waals surface area (Å²) in [5.41, 5.74) is 2.49. The van der Waals surface area contributed by atoms with E-state index in [0.29, 0.717) is 11.4 Å². The molecule has 2 aromatic carbocycles. The van der Waals surface area contributed by atoms with Crippen LogP contribution in [0.25, 0.3) is 22.2 Å². The van der Waals surface area contributed by atoms with Crippen LogP contribution in [-0.4, -0.2) is 33.0 Å². The number of rotatable bonds is 5. The van der Waals surface area contributed by atoms with Crippen LogP contribution >= 0.6 is 0 Å². The molecule has 4 aromatic rings. The van der Waals surface area contributed by atoms with E-state index in [1.807, 2.05) is 30.3 Å². The van der Waals surface area contributed by atoms with Crippen LogP contribution in [0.15, 0.2) is 65.6 Å². The van der Waals surface area contributed by atoms with Crippen molar-refractivity contribution in [2.45, 2.75) is 6.54 Å². The van der Waals surface area contributed by atoms with E-state index in [9.17, 15) is 9.59 Å². The van der Waals surface area contributed by atoms with Gasteiger partial charge in [0, 0.05) is 22.7 Å². The van der Waals surface area contributed by atoms with Crippen molar-refractivity contribution in [3.63, 3.8) is 0 Å². The van der Waals surface area contributed by atoms with Crippen LogP contribution in [0.1, 0.15) is 0 Å². The fourth-order valence-corrected chi connectivity index (χ4v) is 2.83. The van der Waals surface area contributed by atoms with Crippen molar-refractivity contribution in [3.05, 3.63) is 71.1 Å². The number of hydrogen-bond donors (Lipinski definition) is 2. The maximum Gasteiger partial charge on any atom is 0.267 e. The van der Waals surface area contributed by atoms with Gasteiger partial charge in [-0.3, -0.25) is 14.7 Å². The third kappa shape index (κ3) is 3.61. The van der Waals surface area contributed by atoms with Gasteiger partial charge in [0.25, 0.3) is 5.56 Å². The highest BCUT2D eigenvalue weighted by Gasteiger charge is 2.09. The van der Waals surface area contributed by atoms with Crippen molar-refractivity contribution in [1.82, 2.24) is 20.0 Å². The van der Waals surface area contributed by atoms with Crippen molar-refractivity contribution in [2.75, 3.05) is 12.4 Å². The SMILES string of the molecule is COc1ccc(-c2ccc(=O)n(CC(=O)Nc3ccc4cn[nH]c4c3)n2)cc1. The monoisotopic (exact) mass is 375 g/mol. The number of ether oxygens (including phenoxy) is 1. The molecule has 2 aromatic heterocycles. The molecule has 0 bridgehead atoms. The largest absolute Gasteiger partial charge is 0.497 e. The van der Waals surface area contributed by atoms with Gasteiger partial charge in [0.15, 0.2) is 0 Å². The first-order chi connectivity index (χ1) is 13.6. The third-order valence-electron chi connectivity index (χ3n) is 4.27. The molecule has 2 heterocycles. The number of nitrogens with zero attached hydrogens (tertiary/aromatic N) is 3. The topological polar surface area (TPSA) is 102 Å². The molecule has 0 spiro atoms. The highest BCUT2D eigenvalue weighted by Crippen LogP contribution is 2.20. The maximum absolute atomic E-state index is 12.4. The molecule has 0 saturated carbocycles. The second-order valence-corrected chi connectivity index (χ2v) is 6.16. The van der Waals surface area contributed by atoms with Crippen LogP contribution in [0.2, 0.25) is 0 Å². The fraction of sp³-hybridized carbons (Fsp3) is 0.100. The van der Waals surface area contributed by atoms with Crippen LogP contribution in [0.3, 0.4) is 0 Å². The smallest absolute Gasteiger partial charge is 0.267 e. The molecule has 0 aliphatic heterocycles. The van der Waals surface area contributed by atoms with E-state index in [-0.39, 0.29) is 18.0 Å². The van der Waals surface area contributed by atoms with Crippen molar-refractivity contribution in [2.24, 2.45) is 0 Å². The van der Waals surface area contributed by atoms with Crippen molar-refractivity contribution < 1.29 is 9.53 Å². The molecule has 140 valence electrons. The average molecular weight is 375 g/mol. The standard InChI is InChI=1S/C20H17N5O3/c1-28-16-6-3-13(4-7-16)17-8-9-20(27)25(24-17)12-19(26)22-15-5-2-14-11-21-23-18(14)10-15/h2-11H,12H2,1H3,(H,21,23)(H,22,26).